The lowest BCUT2D eigenvalue weighted by molar-refractivity contribution is 0.0696. The van der Waals surface area contributed by atoms with Crippen LogP contribution in [0.15, 0.2) is 6.07 Å². The maximum atomic E-state index is 11.4. The van der Waals surface area contributed by atoms with Gasteiger partial charge in [-0.2, -0.15) is 0 Å². The molecular weight excluding hydrogens is 242 g/mol. The topological polar surface area (TPSA) is 56.7 Å². The zero-order valence-corrected chi connectivity index (χ0v) is 12.0. The number of pyridine rings is 1. The molecule has 0 radical (unpaired) electrons. The molecule has 0 aliphatic carbocycles. The monoisotopic (exact) mass is 263 g/mol. The Kier molecular flexibility index (Phi) is 3.75. The van der Waals surface area contributed by atoms with Crippen LogP contribution in [0.5, 0.6) is 0 Å². The molecule has 19 heavy (non-hydrogen) atoms. The van der Waals surface area contributed by atoms with Crippen LogP contribution in [0, 0.1) is 13.8 Å². The molecule has 0 aromatic carbocycles. The van der Waals surface area contributed by atoms with E-state index in [9.17, 15) is 9.90 Å². The Bertz CT molecular complexity index is 500. The number of aromatic nitrogens is 1. The Morgan fingerprint density at radius 1 is 1.47 bits per heavy atom. The van der Waals surface area contributed by atoms with E-state index >= 15 is 0 Å². The fourth-order valence-corrected chi connectivity index (χ4v) is 2.67. The van der Waals surface area contributed by atoms with Gasteiger partial charge in [-0.1, -0.05) is 0 Å². The summed E-state index contributed by atoms with van der Waals surface area (Å²) in [5.41, 5.74) is 1.99. The molecule has 0 amide bonds. The minimum Gasteiger partial charge on any atom is -0.478 e. The normalized spacial score (nSPS) is 19.2. The zero-order valence-electron chi connectivity index (χ0n) is 12.0. The molecule has 5 heteroatoms. The highest BCUT2D eigenvalue weighted by atomic mass is 16.4. The van der Waals surface area contributed by atoms with Crippen molar-refractivity contribution in [2.24, 2.45) is 0 Å². The number of nitrogens with zero attached hydrogens (tertiary/aromatic N) is 3. The molecule has 1 unspecified atom stereocenters. The van der Waals surface area contributed by atoms with E-state index in [4.69, 9.17) is 0 Å². The molecule has 0 bridgehead atoms. The van der Waals surface area contributed by atoms with Crippen molar-refractivity contribution in [3.63, 3.8) is 0 Å². The minimum atomic E-state index is -0.895. The van der Waals surface area contributed by atoms with E-state index in [1.165, 1.54) is 0 Å². The predicted molar refractivity (Wildman–Crippen MR) is 75.0 cm³/mol. The lowest BCUT2D eigenvalue weighted by atomic mass is 10.1. The number of rotatable bonds is 3. The van der Waals surface area contributed by atoms with Crippen molar-refractivity contribution in [1.29, 1.82) is 0 Å². The van der Waals surface area contributed by atoms with Gasteiger partial charge in [0.25, 0.3) is 0 Å². The molecule has 2 heterocycles. The summed E-state index contributed by atoms with van der Waals surface area (Å²) in [6.45, 7) is 5.44. The number of carboxylic acids is 1. The number of carboxylic acid groups (broad SMARTS) is 1. The van der Waals surface area contributed by atoms with Gasteiger partial charge in [0.1, 0.15) is 11.4 Å². The first kappa shape index (κ1) is 13.8. The lowest BCUT2D eigenvalue weighted by Crippen LogP contribution is -2.32. The van der Waals surface area contributed by atoms with Crippen molar-refractivity contribution >= 4 is 11.8 Å². The standard InChI is InChI=1S/C14H21N3O2/c1-9-7-10(2)15-13(12(9)14(18)19)17-6-5-11(8-17)16(3)4/h7,11H,5-6,8H2,1-4H3,(H,18,19). The zero-order chi connectivity index (χ0) is 14.2. The van der Waals surface area contributed by atoms with Crippen LogP contribution in [0.2, 0.25) is 0 Å². The molecule has 1 fully saturated rings. The first-order valence-corrected chi connectivity index (χ1v) is 6.53. The average molecular weight is 263 g/mol. The molecule has 0 spiro atoms. The van der Waals surface area contributed by atoms with Crippen molar-refractivity contribution in [3.8, 4) is 0 Å². The Hall–Kier alpha value is -1.62. The van der Waals surface area contributed by atoms with Gasteiger partial charge >= 0.3 is 5.97 Å². The third kappa shape index (κ3) is 2.71. The maximum Gasteiger partial charge on any atom is 0.339 e. The van der Waals surface area contributed by atoms with Crippen LogP contribution in [0.3, 0.4) is 0 Å². The molecule has 1 atom stereocenters. The molecule has 1 aliphatic rings. The van der Waals surface area contributed by atoms with Crippen LogP contribution in [0.1, 0.15) is 28.0 Å². The van der Waals surface area contributed by atoms with Crippen molar-refractivity contribution in [3.05, 3.63) is 22.9 Å². The molecule has 1 aliphatic heterocycles. The first-order chi connectivity index (χ1) is 8.90. The smallest absolute Gasteiger partial charge is 0.339 e. The number of aryl methyl sites for hydroxylation is 2. The SMILES string of the molecule is Cc1cc(C)c(C(=O)O)c(N2CCC(N(C)C)C2)n1. The van der Waals surface area contributed by atoms with Crippen molar-refractivity contribution in [2.45, 2.75) is 26.3 Å². The Labute approximate surface area is 113 Å². The quantitative estimate of drug-likeness (QED) is 0.896. The fourth-order valence-electron chi connectivity index (χ4n) is 2.67. The van der Waals surface area contributed by atoms with E-state index in [0.29, 0.717) is 17.4 Å². The second kappa shape index (κ2) is 5.17. The van der Waals surface area contributed by atoms with Gasteiger partial charge in [-0.15, -0.1) is 0 Å². The highest BCUT2D eigenvalue weighted by Gasteiger charge is 2.28. The van der Waals surface area contributed by atoms with Crippen molar-refractivity contribution in [1.82, 2.24) is 9.88 Å². The number of likely N-dealkylation sites (N-methyl/N-ethyl adjacent to an activating group) is 1. The average Bonchev–Trinajstić information content (AvgIpc) is 2.76. The van der Waals surface area contributed by atoms with Gasteiger partial charge in [0.05, 0.1) is 0 Å². The summed E-state index contributed by atoms with van der Waals surface area (Å²) < 4.78 is 0. The number of hydrogen-bond acceptors (Lipinski definition) is 4. The molecule has 5 nitrogen and oxygen atoms in total. The summed E-state index contributed by atoms with van der Waals surface area (Å²) in [7, 11) is 4.11. The van der Waals surface area contributed by atoms with Gasteiger partial charge in [-0.3, -0.25) is 0 Å². The van der Waals surface area contributed by atoms with E-state index in [1.807, 2.05) is 19.9 Å². The number of aromatic carboxylic acids is 1. The predicted octanol–water partition coefficient (Wildman–Crippen LogP) is 1.54. The summed E-state index contributed by atoms with van der Waals surface area (Å²) >= 11 is 0. The molecule has 0 saturated carbocycles. The van der Waals surface area contributed by atoms with E-state index in [1.54, 1.807) is 0 Å². The minimum absolute atomic E-state index is 0.338. The van der Waals surface area contributed by atoms with Gasteiger partial charge in [-0.25, -0.2) is 9.78 Å². The molecule has 1 saturated heterocycles. The van der Waals surface area contributed by atoms with Gasteiger partial charge in [0.2, 0.25) is 0 Å². The summed E-state index contributed by atoms with van der Waals surface area (Å²) in [4.78, 5) is 20.2. The van der Waals surface area contributed by atoms with E-state index in [2.05, 4.69) is 28.9 Å². The van der Waals surface area contributed by atoms with Crippen LogP contribution >= 0.6 is 0 Å². The maximum absolute atomic E-state index is 11.4. The third-order valence-corrected chi connectivity index (χ3v) is 3.73. The highest BCUT2D eigenvalue weighted by molar-refractivity contribution is 5.95. The largest absolute Gasteiger partial charge is 0.478 e. The number of carbonyl (C=O) groups is 1. The highest BCUT2D eigenvalue weighted by Crippen LogP contribution is 2.26. The second-order valence-electron chi connectivity index (χ2n) is 5.44. The summed E-state index contributed by atoms with van der Waals surface area (Å²) in [5, 5.41) is 9.40. The molecular formula is C14H21N3O2. The number of anilines is 1. The molecule has 1 aromatic rings. The second-order valence-corrected chi connectivity index (χ2v) is 5.44. The van der Waals surface area contributed by atoms with Crippen molar-refractivity contribution < 1.29 is 9.90 Å². The van der Waals surface area contributed by atoms with Gasteiger partial charge in [0, 0.05) is 24.8 Å². The van der Waals surface area contributed by atoms with Gasteiger partial charge in [0.15, 0.2) is 0 Å². The van der Waals surface area contributed by atoms with Gasteiger partial charge in [-0.05, 0) is 46.0 Å². The fraction of sp³-hybridized carbons (Fsp3) is 0.571. The van der Waals surface area contributed by atoms with Crippen LogP contribution in [0.4, 0.5) is 5.82 Å². The number of hydrogen-bond donors (Lipinski definition) is 1. The molecule has 104 valence electrons. The first-order valence-electron chi connectivity index (χ1n) is 6.53. The van der Waals surface area contributed by atoms with Crippen LogP contribution in [0.25, 0.3) is 0 Å². The Morgan fingerprint density at radius 3 is 2.68 bits per heavy atom. The Morgan fingerprint density at radius 2 is 2.16 bits per heavy atom. The Balaban J connectivity index is 2.37. The van der Waals surface area contributed by atoms with Gasteiger partial charge < -0.3 is 14.9 Å². The van der Waals surface area contributed by atoms with E-state index in [-0.39, 0.29) is 0 Å². The van der Waals surface area contributed by atoms with Crippen LogP contribution in [-0.4, -0.2) is 54.2 Å². The molecule has 2 rings (SSSR count). The summed E-state index contributed by atoms with van der Waals surface area (Å²) in [5.74, 6) is -0.275. The van der Waals surface area contributed by atoms with Crippen LogP contribution < -0.4 is 4.90 Å². The van der Waals surface area contributed by atoms with E-state index in [0.717, 1.165) is 30.8 Å². The third-order valence-electron chi connectivity index (χ3n) is 3.73. The molecule has 1 aromatic heterocycles. The lowest BCUT2D eigenvalue weighted by Gasteiger charge is -2.23. The van der Waals surface area contributed by atoms with Crippen molar-refractivity contribution in [2.75, 3.05) is 32.1 Å². The molecule has 1 N–H and O–H groups in total. The van der Waals surface area contributed by atoms with E-state index < -0.39 is 5.97 Å². The van der Waals surface area contributed by atoms with Crippen LogP contribution in [-0.2, 0) is 0 Å². The summed E-state index contributed by atoms with van der Waals surface area (Å²) in [6.07, 6.45) is 1.04. The summed E-state index contributed by atoms with van der Waals surface area (Å²) in [6, 6.07) is 2.29.